The molecule has 3 heteroatoms. The Bertz CT molecular complexity index is 874. The third-order valence-corrected chi connectivity index (χ3v) is 4.43. The van der Waals surface area contributed by atoms with E-state index in [1.54, 1.807) is 0 Å². The molecule has 4 aromatic carbocycles. The van der Waals surface area contributed by atoms with Crippen LogP contribution in [0.2, 0.25) is 10.0 Å². The van der Waals surface area contributed by atoms with Gasteiger partial charge in [-0.1, -0.05) is 65.7 Å². The van der Waals surface area contributed by atoms with Crippen LogP contribution in [0, 0.1) is 0 Å². The Balaban J connectivity index is 2.47. The second kappa shape index (κ2) is 3.66. The summed E-state index contributed by atoms with van der Waals surface area (Å²) in [5, 5.41) is 16.8. The SMILES string of the molecule is Oc1c(Cl)c2ccc3cccc4ccc(c1Cl)c2c34. The lowest BCUT2D eigenvalue weighted by atomic mass is 9.94. The molecular weight excluding hydrogens is 279 g/mol. The van der Waals surface area contributed by atoms with Crippen molar-refractivity contribution in [2.45, 2.75) is 0 Å². The van der Waals surface area contributed by atoms with Gasteiger partial charge in [0.15, 0.2) is 5.75 Å². The molecule has 92 valence electrons. The second-order valence-electron chi connectivity index (χ2n) is 4.66. The summed E-state index contributed by atoms with van der Waals surface area (Å²) in [6.45, 7) is 0. The summed E-state index contributed by atoms with van der Waals surface area (Å²) in [5.74, 6) is -0.0470. The summed E-state index contributed by atoms with van der Waals surface area (Å²) in [5.41, 5.74) is 0. The minimum atomic E-state index is -0.0470. The van der Waals surface area contributed by atoms with Gasteiger partial charge in [-0.15, -0.1) is 0 Å². The number of hydrogen-bond acceptors (Lipinski definition) is 1. The van der Waals surface area contributed by atoms with E-state index in [1.165, 1.54) is 0 Å². The van der Waals surface area contributed by atoms with E-state index in [0.717, 1.165) is 32.3 Å². The van der Waals surface area contributed by atoms with E-state index >= 15 is 0 Å². The van der Waals surface area contributed by atoms with Gasteiger partial charge in [0, 0.05) is 16.2 Å². The smallest absolute Gasteiger partial charge is 0.154 e. The summed E-state index contributed by atoms with van der Waals surface area (Å²) >= 11 is 12.4. The predicted molar refractivity (Wildman–Crippen MR) is 81.8 cm³/mol. The summed E-state index contributed by atoms with van der Waals surface area (Å²) in [7, 11) is 0. The summed E-state index contributed by atoms with van der Waals surface area (Å²) in [6, 6.07) is 14.1. The van der Waals surface area contributed by atoms with Gasteiger partial charge in [0.05, 0.1) is 10.0 Å². The van der Waals surface area contributed by atoms with Gasteiger partial charge in [0.2, 0.25) is 0 Å². The summed E-state index contributed by atoms with van der Waals surface area (Å²) in [6.07, 6.45) is 0. The molecule has 0 bridgehead atoms. The highest BCUT2D eigenvalue weighted by Crippen LogP contribution is 2.46. The van der Waals surface area contributed by atoms with E-state index < -0.39 is 0 Å². The van der Waals surface area contributed by atoms with Gasteiger partial charge in [-0.05, 0) is 16.2 Å². The minimum absolute atomic E-state index is 0.0470. The van der Waals surface area contributed by atoms with Gasteiger partial charge < -0.3 is 5.11 Å². The van der Waals surface area contributed by atoms with E-state index in [9.17, 15) is 5.11 Å². The van der Waals surface area contributed by atoms with Crippen molar-refractivity contribution in [1.82, 2.24) is 0 Å². The van der Waals surface area contributed by atoms with E-state index in [2.05, 4.69) is 12.1 Å². The Morgan fingerprint density at radius 3 is 1.74 bits per heavy atom. The summed E-state index contributed by atoms with van der Waals surface area (Å²) < 4.78 is 0. The number of rotatable bonds is 0. The first-order valence-corrected chi connectivity index (χ1v) is 6.67. The fourth-order valence-corrected chi connectivity index (χ4v) is 3.35. The Hall–Kier alpha value is -1.70. The number of phenols is 1. The van der Waals surface area contributed by atoms with Gasteiger partial charge in [-0.3, -0.25) is 0 Å². The van der Waals surface area contributed by atoms with Crippen LogP contribution in [0.3, 0.4) is 0 Å². The standard InChI is InChI=1S/C16H8Cl2O/c17-14-10-6-4-8-2-1-3-9-5-7-11(13(10)12(8)9)15(18)16(14)19/h1-7,19H. The number of hydrogen-bond donors (Lipinski definition) is 1. The van der Waals surface area contributed by atoms with Crippen molar-refractivity contribution in [1.29, 1.82) is 0 Å². The number of aromatic hydroxyl groups is 1. The Morgan fingerprint density at radius 2 is 1.21 bits per heavy atom. The van der Waals surface area contributed by atoms with Crippen molar-refractivity contribution in [2.24, 2.45) is 0 Å². The highest BCUT2D eigenvalue weighted by atomic mass is 35.5. The monoisotopic (exact) mass is 286 g/mol. The van der Waals surface area contributed by atoms with E-state index in [0.29, 0.717) is 10.0 Å². The molecular formula is C16H8Cl2O. The first-order valence-electron chi connectivity index (χ1n) is 5.92. The van der Waals surface area contributed by atoms with Crippen molar-refractivity contribution in [3.05, 3.63) is 52.5 Å². The molecule has 0 aliphatic carbocycles. The van der Waals surface area contributed by atoms with Crippen LogP contribution in [0.25, 0.3) is 32.3 Å². The number of benzene rings is 4. The predicted octanol–water partition coefficient (Wildman–Crippen LogP) is 5.60. The third kappa shape index (κ3) is 1.32. The lowest BCUT2D eigenvalue weighted by Crippen LogP contribution is -1.86. The quantitative estimate of drug-likeness (QED) is 0.417. The van der Waals surface area contributed by atoms with Crippen molar-refractivity contribution < 1.29 is 5.11 Å². The van der Waals surface area contributed by atoms with Crippen LogP contribution in [0.1, 0.15) is 0 Å². The average Bonchev–Trinajstić information content (AvgIpc) is 2.45. The first-order chi connectivity index (χ1) is 9.18. The van der Waals surface area contributed by atoms with Gasteiger partial charge in [0.25, 0.3) is 0 Å². The zero-order valence-electron chi connectivity index (χ0n) is 9.74. The molecule has 0 fully saturated rings. The fourth-order valence-electron chi connectivity index (χ4n) is 2.80. The molecule has 0 aromatic heterocycles. The Kier molecular flexibility index (Phi) is 2.15. The molecule has 1 nitrogen and oxygen atoms in total. The molecule has 0 atom stereocenters. The van der Waals surface area contributed by atoms with Crippen LogP contribution in [0.4, 0.5) is 0 Å². The lowest BCUT2D eigenvalue weighted by Gasteiger charge is -2.14. The molecule has 0 heterocycles. The zero-order valence-corrected chi connectivity index (χ0v) is 11.3. The third-order valence-electron chi connectivity index (χ3n) is 3.67. The maximum atomic E-state index is 10.0. The molecule has 0 amide bonds. The molecule has 0 aliphatic rings. The Labute approximate surface area is 119 Å². The van der Waals surface area contributed by atoms with Crippen molar-refractivity contribution >= 4 is 55.5 Å². The maximum absolute atomic E-state index is 10.0. The fraction of sp³-hybridized carbons (Fsp3) is 0. The van der Waals surface area contributed by atoms with Crippen LogP contribution >= 0.6 is 23.2 Å². The average molecular weight is 287 g/mol. The molecule has 0 unspecified atom stereocenters. The van der Waals surface area contributed by atoms with Crippen LogP contribution < -0.4 is 0 Å². The topological polar surface area (TPSA) is 20.2 Å². The molecule has 0 radical (unpaired) electrons. The number of halogens is 2. The zero-order chi connectivity index (χ0) is 13.1. The molecule has 0 saturated carbocycles. The Morgan fingerprint density at radius 1 is 0.684 bits per heavy atom. The number of phenolic OH excluding ortho intramolecular Hbond substituents is 1. The molecule has 0 spiro atoms. The van der Waals surface area contributed by atoms with Gasteiger partial charge in [0.1, 0.15) is 0 Å². The highest BCUT2D eigenvalue weighted by Gasteiger charge is 2.17. The first kappa shape index (κ1) is 11.2. The van der Waals surface area contributed by atoms with Gasteiger partial charge in [-0.2, -0.15) is 0 Å². The van der Waals surface area contributed by atoms with Crippen molar-refractivity contribution in [3.63, 3.8) is 0 Å². The normalized spacial score (nSPS) is 11.9. The summed E-state index contributed by atoms with van der Waals surface area (Å²) in [4.78, 5) is 0. The highest BCUT2D eigenvalue weighted by molar-refractivity contribution is 6.46. The van der Waals surface area contributed by atoms with Crippen molar-refractivity contribution in [3.8, 4) is 5.75 Å². The van der Waals surface area contributed by atoms with E-state index in [1.807, 2.05) is 30.3 Å². The molecule has 1 N–H and O–H groups in total. The molecule has 4 aromatic rings. The van der Waals surface area contributed by atoms with E-state index in [-0.39, 0.29) is 5.75 Å². The largest absolute Gasteiger partial charge is 0.505 e. The molecule has 19 heavy (non-hydrogen) atoms. The molecule has 0 aliphatic heterocycles. The van der Waals surface area contributed by atoms with Crippen LogP contribution in [0.5, 0.6) is 5.75 Å². The van der Waals surface area contributed by atoms with Crippen LogP contribution in [-0.2, 0) is 0 Å². The second-order valence-corrected chi connectivity index (χ2v) is 5.41. The van der Waals surface area contributed by atoms with Gasteiger partial charge >= 0.3 is 0 Å². The molecule has 0 saturated heterocycles. The van der Waals surface area contributed by atoms with Crippen LogP contribution in [0.15, 0.2) is 42.5 Å². The lowest BCUT2D eigenvalue weighted by molar-refractivity contribution is 0.477. The van der Waals surface area contributed by atoms with Crippen LogP contribution in [-0.4, -0.2) is 5.11 Å². The molecule has 4 rings (SSSR count). The van der Waals surface area contributed by atoms with Crippen molar-refractivity contribution in [2.75, 3.05) is 0 Å². The minimum Gasteiger partial charge on any atom is -0.505 e. The van der Waals surface area contributed by atoms with E-state index in [4.69, 9.17) is 23.2 Å². The van der Waals surface area contributed by atoms with Gasteiger partial charge in [-0.25, -0.2) is 0 Å². The maximum Gasteiger partial charge on any atom is 0.154 e.